The van der Waals surface area contributed by atoms with Crippen LogP contribution in [-0.4, -0.2) is 12.1 Å². The van der Waals surface area contributed by atoms with Crippen molar-refractivity contribution in [2.45, 2.75) is 25.6 Å². The summed E-state index contributed by atoms with van der Waals surface area (Å²) in [6.07, 6.45) is 0.134. The Balaban J connectivity index is 1.95. The van der Waals surface area contributed by atoms with Crippen molar-refractivity contribution in [2.24, 2.45) is 0 Å². The smallest absolute Gasteiger partial charge is 0.303 e. The molecule has 0 spiro atoms. The molecule has 0 unspecified atom stereocenters. The summed E-state index contributed by atoms with van der Waals surface area (Å²) in [5, 5.41) is 0. The SMILES string of the molecule is CC(=O)O[C@@H]1Cc2ccccc2O[C@H]1c1ccccc1. The van der Waals surface area contributed by atoms with Crippen LogP contribution in [0.2, 0.25) is 0 Å². The van der Waals surface area contributed by atoms with Gasteiger partial charge in [0.2, 0.25) is 0 Å². The zero-order chi connectivity index (χ0) is 13.9. The van der Waals surface area contributed by atoms with Gasteiger partial charge in [-0.15, -0.1) is 0 Å². The lowest BCUT2D eigenvalue weighted by molar-refractivity contribution is -0.152. The molecule has 102 valence electrons. The van der Waals surface area contributed by atoms with Crippen molar-refractivity contribution in [2.75, 3.05) is 0 Å². The fraction of sp³-hybridized carbons (Fsp3) is 0.235. The average Bonchev–Trinajstić information content (AvgIpc) is 2.47. The molecule has 0 radical (unpaired) electrons. The molecule has 20 heavy (non-hydrogen) atoms. The van der Waals surface area contributed by atoms with Crippen molar-refractivity contribution in [3.63, 3.8) is 0 Å². The molecule has 1 aliphatic rings. The number of ether oxygens (including phenoxy) is 2. The molecule has 0 aliphatic carbocycles. The number of rotatable bonds is 2. The first-order valence-corrected chi connectivity index (χ1v) is 6.71. The van der Waals surface area contributed by atoms with Crippen LogP contribution in [-0.2, 0) is 16.0 Å². The summed E-state index contributed by atoms with van der Waals surface area (Å²) in [6.45, 7) is 1.43. The van der Waals surface area contributed by atoms with Gasteiger partial charge in [0.15, 0.2) is 6.10 Å². The van der Waals surface area contributed by atoms with Gasteiger partial charge >= 0.3 is 5.97 Å². The van der Waals surface area contributed by atoms with E-state index < -0.39 is 0 Å². The fourth-order valence-corrected chi connectivity index (χ4v) is 2.57. The van der Waals surface area contributed by atoms with Gasteiger partial charge in [-0.1, -0.05) is 48.5 Å². The Bertz CT molecular complexity index is 607. The monoisotopic (exact) mass is 268 g/mol. The van der Waals surface area contributed by atoms with Gasteiger partial charge in [-0.05, 0) is 17.2 Å². The van der Waals surface area contributed by atoms with Crippen LogP contribution in [0, 0.1) is 0 Å². The first kappa shape index (κ1) is 12.7. The predicted octanol–water partition coefficient (Wildman–Crippen LogP) is 3.29. The van der Waals surface area contributed by atoms with E-state index in [1.807, 2.05) is 54.6 Å². The maximum absolute atomic E-state index is 11.3. The molecule has 0 aromatic heterocycles. The highest BCUT2D eigenvalue weighted by molar-refractivity contribution is 5.66. The van der Waals surface area contributed by atoms with Crippen LogP contribution in [0.1, 0.15) is 24.2 Å². The third kappa shape index (κ3) is 2.52. The molecule has 0 bridgehead atoms. The Morgan fingerprint density at radius 3 is 2.55 bits per heavy atom. The van der Waals surface area contributed by atoms with E-state index in [1.54, 1.807) is 0 Å². The van der Waals surface area contributed by atoms with Crippen molar-refractivity contribution in [3.05, 3.63) is 65.7 Å². The zero-order valence-electron chi connectivity index (χ0n) is 11.3. The molecule has 3 rings (SSSR count). The minimum absolute atomic E-state index is 0.255. The third-order valence-corrected chi connectivity index (χ3v) is 3.43. The maximum Gasteiger partial charge on any atom is 0.303 e. The summed E-state index contributed by atoms with van der Waals surface area (Å²) in [4.78, 5) is 11.3. The highest BCUT2D eigenvalue weighted by atomic mass is 16.6. The van der Waals surface area contributed by atoms with Gasteiger partial charge in [0.25, 0.3) is 0 Å². The van der Waals surface area contributed by atoms with Gasteiger partial charge in [0.1, 0.15) is 11.9 Å². The molecule has 0 amide bonds. The molecule has 2 atom stereocenters. The largest absolute Gasteiger partial charge is 0.482 e. The van der Waals surface area contributed by atoms with Crippen LogP contribution in [0.3, 0.4) is 0 Å². The summed E-state index contributed by atoms with van der Waals surface area (Å²) in [6, 6.07) is 17.8. The van der Waals surface area contributed by atoms with Crippen molar-refractivity contribution < 1.29 is 14.3 Å². The second kappa shape index (κ2) is 5.37. The minimum atomic E-state index is -0.287. The molecular formula is C17H16O3. The molecule has 0 saturated carbocycles. The van der Waals surface area contributed by atoms with Crippen molar-refractivity contribution in [3.8, 4) is 5.75 Å². The van der Waals surface area contributed by atoms with Gasteiger partial charge in [0.05, 0.1) is 0 Å². The molecule has 3 heteroatoms. The van der Waals surface area contributed by atoms with Crippen LogP contribution in [0.4, 0.5) is 0 Å². The molecule has 0 fully saturated rings. The molecule has 2 aromatic carbocycles. The summed E-state index contributed by atoms with van der Waals surface area (Å²) in [7, 11) is 0. The third-order valence-electron chi connectivity index (χ3n) is 3.43. The Morgan fingerprint density at radius 1 is 1.10 bits per heavy atom. The van der Waals surface area contributed by atoms with Gasteiger partial charge in [0, 0.05) is 13.3 Å². The van der Waals surface area contributed by atoms with E-state index in [2.05, 4.69) is 0 Å². The van der Waals surface area contributed by atoms with Gasteiger partial charge < -0.3 is 9.47 Å². The van der Waals surface area contributed by atoms with Crippen LogP contribution >= 0.6 is 0 Å². The van der Waals surface area contributed by atoms with Gasteiger partial charge in [-0.25, -0.2) is 0 Å². The van der Waals surface area contributed by atoms with E-state index in [1.165, 1.54) is 6.92 Å². The second-order valence-corrected chi connectivity index (χ2v) is 4.91. The summed E-state index contributed by atoms with van der Waals surface area (Å²) < 4.78 is 11.5. The second-order valence-electron chi connectivity index (χ2n) is 4.91. The van der Waals surface area contributed by atoms with Crippen LogP contribution in [0.5, 0.6) is 5.75 Å². The molecule has 1 heterocycles. The van der Waals surface area contributed by atoms with E-state index in [0.29, 0.717) is 6.42 Å². The lowest BCUT2D eigenvalue weighted by Gasteiger charge is -2.33. The van der Waals surface area contributed by atoms with Gasteiger partial charge in [-0.2, -0.15) is 0 Å². The summed E-state index contributed by atoms with van der Waals surface area (Å²) >= 11 is 0. The van der Waals surface area contributed by atoms with E-state index in [0.717, 1.165) is 16.9 Å². The molecule has 1 aliphatic heterocycles. The number of para-hydroxylation sites is 1. The lowest BCUT2D eigenvalue weighted by Crippen LogP contribution is -2.34. The number of benzene rings is 2. The topological polar surface area (TPSA) is 35.5 Å². The fourth-order valence-electron chi connectivity index (χ4n) is 2.57. The van der Waals surface area contributed by atoms with Gasteiger partial charge in [-0.3, -0.25) is 4.79 Å². The Labute approximate surface area is 118 Å². The minimum Gasteiger partial charge on any atom is -0.482 e. The van der Waals surface area contributed by atoms with E-state index in [9.17, 15) is 4.79 Å². The molecular weight excluding hydrogens is 252 g/mol. The average molecular weight is 268 g/mol. The quantitative estimate of drug-likeness (QED) is 0.784. The molecule has 0 saturated heterocycles. The van der Waals surface area contributed by atoms with Crippen molar-refractivity contribution in [1.29, 1.82) is 0 Å². The normalized spacial score (nSPS) is 20.6. The van der Waals surface area contributed by atoms with E-state index in [4.69, 9.17) is 9.47 Å². The summed E-state index contributed by atoms with van der Waals surface area (Å²) in [5.41, 5.74) is 2.10. The number of carbonyl (C=O) groups is 1. The Morgan fingerprint density at radius 2 is 1.80 bits per heavy atom. The molecule has 0 N–H and O–H groups in total. The maximum atomic E-state index is 11.3. The number of hydrogen-bond donors (Lipinski definition) is 0. The molecule has 2 aromatic rings. The first-order valence-electron chi connectivity index (χ1n) is 6.71. The highest BCUT2D eigenvalue weighted by Crippen LogP contribution is 2.36. The van der Waals surface area contributed by atoms with E-state index in [-0.39, 0.29) is 18.2 Å². The lowest BCUT2D eigenvalue weighted by atomic mass is 9.94. The molecule has 3 nitrogen and oxygen atoms in total. The summed E-state index contributed by atoms with van der Waals surface area (Å²) in [5.74, 6) is 0.587. The van der Waals surface area contributed by atoms with Crippen LogP contribution in [0.15, 0.2) is 54.6 Å². The number of esters is 1. The standard InChI is InChI=1S/C17H16O3/c1-12(18)19-16-11-14-9-5-6-10-15(14)20-17(16)13-7-3-2-4-8-13/h2-10,16-17H,11H2,1H3/t16-,17+/m1/s1. The van der Waals surface area contributed by atoms with E-state index >= 15 is 0 Å². The number of carbonyl (C=O) groups excluding carboxylic acids is 1. The Kier molecular flexibility index (Phi) is 3.42. The van der Waals surface area contributed by atoms with Crippen LogP contribution < -0.4 is 4.74 Å². The highest BCUT2D eigenvalue weighted by Gasteiger charge is 2.33. The Hall–Kier alpha value is -2.29. The number of fused-ring (bicyclic) bond motifs is 1. The van der Waals surface area contributed by atoms with Crippen LogP contribution in [0.25, 0.3) is 0 Å². The van der Waals surface area contributed by atoms with Crippen molar-refractivity contribution in [1.82, 2.24) is 0 Å². The first-order chi connectivity index (χ1) is 9.74. The van der Waals surface area contributed by atoms with Crippen molar-refractivity contribution >= 4 is 5.97 Å². The zero-order valence-corrected chi connectivity index (χ0v) is 11.3. The predicted molar refractivity (Wildman–Crippen MR) is 75.5 cm³/mol. The number of hydrogen-bond acceptors (Lipinski definition) is 3.